The van der Waals surface area contributed by atoms with Gasteiger partial charge in [-0.25, -0.2) is 0 Å². The largest absolute Gasteiger partial charge is 0.340 e. The van der Waals surface area contributed by atoms with E-state index in [0.717, 1.165) is 5.56 Å². The number of amides is 1. The molecular formula is C20H16N2O3. The van der Waals surface area contributed by atoms with Crippen LogP contribution in [0.2, 0.25) is 0 Å². The first kappa shape index (κ1) is 16.4. The van der Waals surface area contributed by atoms with Gasteiger partial charge in [0.05, 0.1) is 5.69 Å². The number of H-pyrrole nitrogens is 1. The van der Waals surface area contributed by atoms with Gasteiger partial charge in [-0.2, -0.15) is 0 Å². The Morgan fingerprint density at radius 3 is 2.12 bits per heavy atom. The predicted octanol–water partition coefficient (Wildman–Crippen LogP) is 3.50. The van der Waals surface area contributed by atoms with E-state index in [9.17, 15) is 14.4 Å². The van der Waals surface area contributed by atoms with Crippen LogP contribution < -0.4 is 10.7 Å². The minimum atomic E-state index is -0.437. The molecule has 0 saturated carbocycles. The molecule has 1 aromatic heterocycles. The van der Waals surface area contributed by atoms with E-state index in [4.69, 9.17) is 0 Å². The van der Waals surface area contributed by atoms with Gasteiger partial charge in [0.15, 0.2) is 11.2 Å². The molecular weight excluding hydrogens is 316 g/mol. The van der Waals surface area contributed by atoms with Crippen molar-refractivity contribution in [2.24, 2.45) is 0 Å². The monoisotopic (exact) mass is 332 g/mol. The van der Waals surface area contributed by atoms with Gasteiger partial charge in [0.25, 0.3) is 5.91 Å². The maximum atomic E-state index is 12.4. The number of ketones is 1. The van der Waals surface area contributed by atoms with Gasteiger partial charge in [-0.1, -0.05) is 48.5 Å². The summed E-state index contributed by atoms with van der Waals surface area (Å²) in [4.78, 5) is 39.7. The number of hydrogen-bond donors (Lipinski definition) is 2. The van der Waals surface area contributed by atoms with E-state index in [-0.39, 0.29) is 11.4 Å². The summed E-state index contributed by atoms with van der Waals surface area (Å²) in [5.74, 6) is -0.708. The summed E-state index contributed by atoms with van der Waals surface area (Å²) < 4.78 is 0. The van der Waals surface area contributed by atoms with E-state index in [1.54, 1.807) is 30.3 Å². The van der Waals surface area contributed by atoms with Gasteiger partial charge < -0.3 is 10.3 Å². The molecule has 0 radical (unpaired) electrons. The van der Waals surface area contributed by atoms with Gasteiger partial charge in [0, 0.05) is 11.6 Å². The minimum Gasteiger partial charge on any atom is -0.340 e. The number of aromatic nitrogens is 1. The maximum Gasteiger partial charge on any atom is 0.256 e. The van der Waals surface area contributed by atoms with Gasteiger partial charge in [0.1, 0.15) is 11.4 Å². The zero-order chi connectivity index (χ0) is 17.8. The van der Waals surface area contributed by atoms with Crippen LogP contribution in [0.5, 0.6) is 0 Å². The summed E-state index contributed by atoms with van der Waals surface area (Å²) in [6, 6.07) is 19.2. The third-order valence-electron chi connectivity index (χ3n) is 3.74. The summed E-state index contributed by atoms with van der Waals surface area (Å²) in [6.07, 6.45) is 0. The van der Waals surface area contributed by atoms with Crippen molar-refractivity contribution in [2.75, 3.05) is 5.32 Å². The number of nitrogens with one attached hydrogen (secondary N) is 2. The molecule has 25 heavy (non-hydrogen) atoms. The van der Waals surface area contributed by atoms with Crippen molar-refractivity contribution >= 4 is 17.5 Å². The molecule has 5 nitrogen and oxygen atoms in total. The number of aromatic amines is 1. The number of benzene rings is 2. The van der Waals surface area contributed by atoms with Crippen LogP contribution in [0.4, 0.5) is 5.82 Å². The van der Waals surface area contributed by atoms with Crippen LogP contribution in [0.25, 0.3) is 11.3 Å². The first-order chi connectivity index (χ1) is 12.1. The molecule has 0 aliphatic carbocycles. The molecule has 124 valence electrons. The predicted molar refractivity (Wildman–Crippen MR) is 96.9 cm³/mol. The molecule has 0 aliphatic heterocycles. The molecule has 2 aromatic carbocycles. The Hall–Kier alpha value is -3.47. The van der Waals surface area contributed by atoms with Crippen molar-refractivity contribution in [2.45, 2.75) is 6.92 Å². The van der Waals surface area contributed by atoms with Crippen molar-refractivity contribution in [3.8, 4) is 11.3 Å². The lowest BCUT2D eigenvalue weighted by Crippen LogP contribution is -2.21. The van der Waals surface area contributed by atoms with Crippen molar-refractivity contribution in [3.63, 3.8) is 0 Å². The molecule has 1 heterocycles. The number of rotatable bonds is 4. The molecule has 0 saturated heterocycles. The highest BCUT2D eigenvalue weighted by molar-refractivity contribution is 6.08. The first-order valence-electron chi connectivity index (χ1n) is 7.76. The zero-order valence-corrected chi connectivity index (χ0v) is 13.6. The number of anilines is 1. The zero-order valence-electron chi connectivity index (χ0n) is 13.6. The van der Waals surface area contributed by atoms with Crippen LogP contribution in [-0.4, -0.2) is 16.7 Å². The summed E-state index contributed by atoms with van der Waals surface area (Å²) in [5.41, 5.74) is 1.24. The highest BCUT2D eigenvalue weighted by Crippen LogP contribution is 2.20. The van der Waals surface area contributed by atoms with E-state index >= 15 is 0 Å². The Labute approximate surface area is 144 Å². The lowest BCUT2D eigenvalue weighted by atomic mass is 10.1. The van der Waals surface area contributed by atoms with E-state index in [1.807, 2.05) is 30.3 Å². The van der Waals surface area contributed by atoms with Gasteiger partial charge in [-0.3, -0.25) is 14.4 Å². The molecule has 3 aromatic rings. The molecule has 0 atom stereocenters. The molecule has 0 spiro atoms. The van der Waals surface area contributed by atoms with Crippen LogP contribution in [-0.2, 0) is 0 Å². The van der Waals surface area contributed by atoms with Crippen LogP contribution >= 0.6 is 0 Å². The Morgan fingerprint density at radius 2 is 1.52 bits per heavy atom. The van der Waals surface area contributed by atoms with Gasteiger partial charge in [0.2, 0.25) is 0 Å². The van der Waals surface area contributed by atoms with Crippen molar-refractivity contribution in [1.29, 1.82) is 0 Å². The first-order valence-corrected chi connectivity index (χ1v) is 7.76. The van der Waals surface area contributed by atoms with Crippen molar-refractivity contribution in [3.05, 3.63) is 88.1 Å². The standard InChI is InChI=1S/C20H16N2O3/c1-13(23)18-17(24)12-16(14-8-4-2-5-9-14)21-19(18)22-20(25)15-10-6-3-7-11-15/h2-12H,1H3,(H2,21,22,24,25). The number of pyridine rings is 1. The quantitative estimate of drug-likeness (QED) is 0.718. The van der Waals surface area contributed by atoms with E-state index in [1.165, 1.54) is 13.0 Å². The highest BCUT2D eigenvalue weighted by Gasteiger charge is 2.17. The van der Waals surface area contributed by atoms with Gasteiger partial charge in [-0.15, -0.1) is 0 Å². The molecule has 1 amide bonds. The van der Waals surface area contributed by atoms with Crippen molar-refractivity contribution < 1.29 is 9.59 Å². The third-order valence-corrected chi connectivity index (χ3v) is 3.74. The van der Waals surface area contributed by atoms with Gasteiger partial charge >= 0.3 is 0 Å². The Morgan fingerprint density at radius 1 is 0.920 bits per heavy atom. The topological polar surface area (TPSA) is 79.0 Å². The fourth-order valence-corrected chi connectivity index (χ4v) is 2.55. The Kier molecular flexibility index (Phi) is 4.57. The second kappa shape index (κ2) is 6.97. The minimum absolute atomic E-state index is 0.0658. The number of Topliss-reactive ketones (excluding diaryl/α,β-unsaturated/α-hetero) is 1. The third kappa shape index (κ3) is 3.55. The second-order valence-corrected chi connectivity index (χ2v) is 5.54. The summed E-state index contributed by atoms with van der Waals surface area (Å²) in [6.45, 7) is 1.30. The number of carbonyl (C=O) groups is 2. The molecule has 0 unspecified atom stereocenters. The lowest BCUT2D eigenvalue weighted by molar-refractivity contribution is 0.101. The normalized spacial score (nSPS) is 10.3. The summed E-state index contributed by atoms with van der Waals surface area (Å²) in [7, 11) is 0. The molecule has 0 bridgehead atoms. The smallest absolute Gasteiger partial charge is 0.256 e. The fraction of sp³-hybridized carbons (Fsp3) is 0.0500. The van der Waals surface area contributed by atoms with E-state index in [0.29, 0.717) is 11.3 Å². The van der Waals surface area contributed by atoms with Crippen LogP contribution in [0, 0.1) is 0 Å². The fourth-order valence-electron chi connectivity index (χ4n) is 2.55. The molecule has 2 N–H and O–H groups in total. The SMILES string of the molecule is CC(=O)c1c(NC(=O)c2ccccc2)[nH]c(-c2ccccc2)cc1=O. The van der Waals surface area contributed by atoms with Gasteiger partial charge in [-0.05, 0) is 24.6 Å². The molecule has 5 heteroatoms. The lowest BCUT2D eigenvalue weighted by Gasteiger charge is -2.12. The average molecular weight is 332 g/mol. The van der Waals surface area contributed by atoms with E-state index in [2.05, 4.69) is 10.3 Å². The molecule has 3 rings (SSSR count). The average Bonchev–Trinajstić information content (AvgIpc) is 2.62. The van der Waals surface area contributed by atoms with Crippen LogP contribution in [0.1, 0.15) is 27.6 Å². The highest BCUT2D eigenvalue weighted by atomic mass is 16.2. The Balaban J connectivity index is 2.07. The number of hydrogen-bond acceptors (Lipinski definition) is 3. The summed E-state index contributed by atoms with van der Waals surface area (Å²) in [5, 5.41) is 2.64. The summed E-state index contributed by atoms with van der Waals surface area (Å²) >= 11 is 0. The van der Waals surface area contributed by atoms with Crippen molar-refractivity contribution in [1.82, 2.24) is 4.98 Å². The maximum absolute atomic E-state index is 12.4. The Bertz CT molecular complexity index is 977. The van der Waals surface area contributed by atoms with E-state index < -0.39 is 17.1 Å². The number of carbonyl (C=O) groups excluding carboxylic acids is 2. The molecule has 0 fully saturated rings. The van der Waals surface area contributed by atoms with Crippen LogP contribution in [0.3, 0.4) is 0 Å². The second-order valence-electron chi connectivity index (χ2n) is 5.54. The molecule has 0 aliphatic rings. The van der Waals surface area contributed by atoms with Crippen LogP contribution in [0.15, 0.2) is 71.5 Å².